The fraction of sp³-hybridized carbons (Fsp3) is 0.746. The SMILES string of the molecule is CCCCC/C=C\C/C=C\C/C=C\C/C=C\CCCCCC(=O)OC[C@H](COC(=O)CCCCCCCCCCCCCCCCCCCCC)OC(=O)CCCCCC/C=C\C/C=C\C/C=C\CCCCC. The van der Waals surface area contributed by atoms with Crippen LogP contribution in [0.2, 0.25) is 0 Å². The molecule has 0 N–H and O–H groups in total. The third kappa shape index (κ3) is 59.3. The van der Waals surface area contributed by atoms with E-state index < -0.39 is 6.10 Å². The van der Waals surface area contributed by atoms with Crippen molar-refractivity contribution in [3.05, 3.63) is 85.1 Å². The summed E-state index contributed by atoms with van der Waals surface area (Å²) in [7, 11) is 0. The van der Waals surface area contributed by atoms with E-state index in [4.69, 9.17) is 14.2 Å². The molecule has 0 heterocycles. The van der Waals surface area contributed by atoms with Gasteiger partial charge in [-0.1, -0.05) is 266 Å². The van der Waals surface area contributed by atoms with Gasteiger partial charge in [-0.15, -0.1) is 0 Å². The van der Waals surface area contributed by atoms with E-state index in [-0.39, 0.29) is 31.1 Å². The van der Waals surface area contributed by atoms with Crippen molar-refractivity contribution in [3.8, 4) is 0 Å². The van der Waals surface area contributed by atoms with Crippen LogP contribution in [0.3, 0.4) is 0 Å². The van der Waals surface area contributed by atoms with E-state index in [0.717, 1.165) is 109 Å². The first kappa shape index (κ1) is 69.6. The van der Waals surface area contributed by atoms with Gasteiger partial charge in [-0.2, -0.15) is 0 Å². The molecule has 0 fully saturated rings. The Morgan fingerprint density at radius 1 is 0.274 bits per heavy atom. The Labute approximate surface area is 452 Å². The minimum absolute atomic E-state index is 0.0939. The largest absolute Gasteiger partial charge is 0.462 e. The molecule has 0 aromatic carbocycles. The first-order valence-electron chi connectivity index (χ1n) is 31.1. The first-order valence-corrected chi connectivity index (χ1v) is 31.1. The number of ether oxygens (including phenoxy) is 3. The Hall–Kier alpha value is -3.41. The van der Waals surface area contributed by atoms with Gasteiger partial charge in [-0.3, -0.25) is 14.4 Å². The molecule has 6 heteroatoms. The monoisotopic (exact) mass is 1020 g/mol. The third-order valence-corrected chi connectivity index (χ3v) is 13.4. The van der Waals surface area contributed by atoms with Crippen LogP contribution in [0.1, 0.15) is 303 Å². The third-order valence-electron chi connectivity index (χ3n) is 13.4. The number of hydrogen-bond acceptors (Lipinski definition) is 6. The van der Waals surface area contributed by atoms with Crippen LogP contribution in [0.25, 0.3) is 0 Å². The second-order valence-corrected chi connectivity index (χ2v) is 20.6. The quantitative estimate of drug-likeness (QED) is 0.0261. The summed E-state index contributed by atoms with van der Waals surface area (Å²) in [6.07, 6.45) is 80.0. The molecule has 0 aliphatic heterocycles. The van der Waals surface area contributed by atoms with Crippen molar-refractivity contribution in [1.29, 1.82) is 0 Å². The molecule has 73 heavy (non-hydrogen) atoms. The molecule has 6 nitrogen and oxygen atoms in total. The van der Waals surface area contributed by atoms with Gasteiger partial charge in [0.15, 0.2) is 6.10 Å². The summed E-state index contributed by atoms with van der Waals surface area (Å²) >= 11 is 0. The summed E-state index contributed by atoms with van der Waals surface area (Å²) in [5, 5.41) is 0. The van der Waals surface area contributed by atoms with Crippen LogP contribution >= 0.6 is 0 Å². The zero-order chi connectivity index (χ0) is 52.9. The van der Waals surface area contributed by atoms with E-state index >= 15 is 0 Å². The maximum atomic E-state index is 12.9. The van der Waals surface area contributed by atoms with E-state index in [1.165, 1.54) is 154 Å². The van der Waals surface area contributed by atoms with E-state index in [0.29, 0.717) is 19.3 Å². The first-order chi connectivity index (χ1) is 36.0. The molecule has 420 valence electrons. The van der Waals surface area contributed by atoms with Gasteiger partial charge in [0.1, 0.15) is 13.2 Å². The predicted molar refractivity (Wildman–Crippen MR) is 316 cm³/mol. The molecule has 0 amide bonds. The molecule has 0 spiro atoms. The number of rotatable bonds is 56. The van der Waals surface area contributed by atoms with Crippen LogP contribution in [0.4, 0.5) is 0 Å². The molecular weight excluding hydrogens is 901 g/mol. The molecule has 0 rings (SSSR count). The number of hydrogen-bond donors (Lipinski definition) is 0. The van der Waals surface area contributed by atoms with Crippen molar-refractivity contribution in [2.75, 3.05) is 13.2 Å². The fourth-order valence-electron chi connectivity index (χ4n) is 8.67. The highest BCUT2D eigenvalue weighted by Gasteiger charge is 2.19. The van der Waals surface area contributed by atoms with Crippen LogP contribution in [-0.4, -0.2) is 37.2 Å². The summed E-state index contributed by atoms with van der Waals surface area (Å²) in [5.74, 6) is -0.936. The molecule has 0 unspecified atom stereocenters. The van der Waals surface area contributed by atoms with Crippen molar-refractivity contribution in [1.82, 2.24) is 0 Å². The zero-order valence-electron chi connectivity index (χ0n) is 48.1. The van der Waals surface area contributed by atoms with Crippen molar-refractivity contribution in [2.45, 2.75) is 309 Å². The lowest BCUT2D eigenvalue weighted by atomic mass is 10.0. The molecule has 0 aliphatic rings. The van der Waals surface area contributed by atoms with Gasteiger partial charge in [0.25, 0.3) is 0 Å². The van der Waals surface area contributed by atoms with E-state index in [1.807, 2.05) is 0 Å². The molecule has 0 saturated heterocycles. The topological polar surface area (TPSA) is 78.9 Å². The summed E-state index contributed by atoms with van der Waals surface area (Å²) in [6.45, 7) is 6.57. The predicted octanol–water partition coefficient (Wildman–Crippen LogP) is 21.1. The van der Waals surface area contributed by atoms with Crippen LogP contribution in [0, 0.1) is 0 Å². The lowest BCUT2D eigenvalue weighted by Crippen LogP contribution is -2.30. The number of allylic oxidation sites excluding steroid dienone is 14. The van der Waals surface area contributed by atoms with Crippen molar-refractivity contribution in [2.24, 2.45) is 0 Å². The molecule has 1 atom stereocenters. The Balaban J connectivity index is 4.45. The van der Waals surface area contributed by atoms with Gasteiger partial charge >= 0.3 is 17.9 Å². The van der Waals surface area contributed by atoms with Gasteiger partial charge < -0.3 is 14.2 Å². The van der Waals surface area contributed by atoms with E-state index in [1.54, 1.807) is 0 Å². The normalized spacial score (nSPS) is 12.6. The minimum atomic E-state index is -0.802. The maximum Gasteiger partial charge on any atom is 0.306 e. The average molecular weight is 1020 g/mol. The summed E-state index contributed by atoms with van der Waals surface area (Å²) < 4.78 is 16.9. The summed E-state index contributed by atoms with van der Waals surface area (Å²) in [6, 6.07) is 0. The van der Waals surface area contributed by atoms with Gasteiger partial charge in [0.05, 0.1) is 0 Å². The van der Waals surface area contributed by atoms with Gasteiger partial charge in [0.2, 0.25) is 0 Å². The fourth-order valence-corrected chi connectivity index (χ4v) is 8.67. The van der Waals surface area contributed by atoms with Crippen LogP contribution in [-0.2, 0) is 28.6 Å². The molecular formula is C67H116O6. The number of unbranched alkanes of at least 4 members (excludes halogenated alkanes) is 31. The standard InChI is InChI=1S/C67H116O6/c1-4-7-10-13-16-19-22-25-28-31-33-36-38-41-44-47-50-53-56-59-65(68)71-62-64(73-67(70)61-58-55-52-49-46-43-40-35-30-27-24-21-18-15-12-9-6-3)63-72-66(69)60-57-54-51-48-45-42-39-37-34-32-29-26-23-20-17-14-11-8-5-2/h16,18-19,21,25,27-28,30,33,36,40-41,43-44,64H,4-15,17,20,22-24,26,29,31-32,34-35,37-39,42,45-63H2,1-3H3/b19-16-,21-18-,28-25-,30-27-,36-33-,43-40-,44-41-/t64-/m1/s1. The van der Waals surface area contributed by atoms with Gasteiger partial charge in [0, 0.05) is 19.3 Å². The van der Waals surface area contributed by atoms with Crippen LogP contribution < -0.4 is 0 Å². The Bertz CT molecular complexity index is 1400. The Kier molecular flexibility index (Phi) is 58.3. The molecule has 0 aromatic heterocycles. The van der Waals surface area contributed by atoms with E-state index in [9.17, 15) is 14.4 Å². The van der Waals surface area contributed by atoms with Crippen LogP contribution in [0.5, 0.6) is 0 Å². The Morgan fingerprint density at radius 3 is 0.808 bits per heavy atom. The van der Waals surface area contributed by atoms with Crippen LogP contribution in [0.15, 0.2) is 85.1 Å². The maximum absolute atomic E-state index is 12.9. The smallest absolute Gasteiger partial charge is 0.306 e. The minimum Gasteiger partial charge on any atom is -0.462 e. The molecule has 0 bridgehead atoms. The highest BCUT2D eigenvalue weighted by Crippen LogP contribution is 2.16. The van der Waals surface area contributed by atoms with Gasteiger partial charge in [-0.05, 0) is 103 Å². The summed E-state index contributed by atoms with van der Waals surface area (Å²) in [4.78, 5) is 38.3. The molecule has 0 aromatic rings. The number of esters is 3. The van der Waals surface area contributed by atoms with Crippen molar-refractivity contribution < 1.29 is 28.6 Å². The molecule has 0 aliphatic carbocycles. The molecule has 0 radical (unpaired) electrons. The second kappa shape index (κ2) is 61.1. The lowest BCUT2D eigenvalue weighted by molar-refractivity contribution is -0.167. The number of carbonyl (C=O) groups is 3. The van der Waals surface area contributed by atoms with Crippen molar-refractivity contribution in [3.63, 3.8) is 0 Å². The average Bonchev–Trinajstić information content (AvgIpc) is 3.39. The zero-order valence-corrected chi connectivity index (χ0v) is 48.1. The second-order valence-electron chi connectivity index (χ2n) is 20.6. The summed E-state index contributed by atoms with van der Waals surface area (Å²) in [5.41, 5.74) is 0. The highest BCUT2D eigenvalue weighted by molar-refractivity contribution is 5.71. The lowest BCUT2D eigenvalue weighted by Gasteiger charge is -2.18. The van der Waals surface area contributed by atoms with Crippen molar-refractivity contribution >= 4 is 17.9 Å². The van der Waals surface area contributed by atoms with E-state index in [2.05, 4.69) is 106 Å². The highest BCUT2D eigenvalue weighted by atomic mass is 16.6. The molecule has 0 saturated carbocycles. The van der Waals surface area contributed by atoms with Gasteiger partial charge in [-0.25, -0.2) is 0 Å². The number of carbonyl (C=O) groups excluding carboxylic acids is 3. The Morgan fingerprint density at radius 2 is 0.493 bits per heavy atom.